The Hall–Kier alpha value is -2.20. The third-order valence-electron chi connectivity index (χ3n) is 3.45. The lowest BCUT2D eigenvalue weighted by Crippen LogP contribution is -2.06. The molecule has 1 aromatic rings. The number of allylic oxidation sites excluding steroid dienone is 7. The molecule has 0 fully saturated rings. The van der Waals surface area contributed by atoms with Crippen LogP contribution in [0.1, 0.15) is 24.8 Å². The molecule has 120 valence electrons. The van der Waals surface area contributed by atoms with E-state index in [0.29, 0.717) is 5.71 Å². The van der Waals surface area contributed by atoms with Crippen LogP contribution in [0.2, 0.25) is 0 Å². The summed E-state index contributed by atoms with van der Waals surface area (Å²) in [5.74, 6) is 0. The summed E-state index contributed by atoms with van der Waals surface area (Å²) in [7, 11) is -3.70. The van der Waals surface area contributed by atoms with Crippen LogP contribution in [0, 0.1) is 6.92 Å². The van der Waals surface area contributed by atoms with Gasteiger partial charge in [-0.1, -0.05) is 48.1 Å². The topological polar surface area (TPSA) is 46.5 Å². The number of nitrogens with zero attached hydrogens (tertiary/aromatic N) is 1. The Bertz CT molecular complexity index is 779. The van der Waals surface area contributed by atoms with Crippen molar-refractivity contribution in [3.63, 3.8) is 0 Å². The van der Waals surface area contributed by atoms with Crippen LogP contribution < -0.4 is 0 Å². The first-order valence-corrected chi connectivity index (χ1v) is 9.05. The van der Waals surface area contributed by atoms with Crippen molar-refractivity contribution in [1.29, 1.82) is 0 Å². The minimum atomic E-state index is -3.70. The number of hydrogen-bond acceptors (Lipinski definition) is 2. The Morgan fingerprint density at radius 2 is 1.78 bits per heavy atom. The van der Waals surface area contributed by atoms with Gasteiger partial charge in [-0.15, -0.1) is 6.58 Å². The van der Waals surface area contributed by atoms with Crippen molar-refractivity contribution in [2.45, 2.75) is 31.1 Å². The molecule has 4 heteroatoms. The van der Waals surface area contributed by atoms with E-state index in [4.69, 9.17) is 0 Å². The molecule has 0 unspecified atom stereocenters. The highest BCUT2D eigenvalue weighted by Crippen LogP contribution is 2.18. The van der Waals surface area contributed by atoms with Crippen molar-refractivity contribution in [3.8, 4) is 0 Å². The third-order valence-corrected chi connectivity index (χ3v) is 4.76. The second kappa shape index (κ2) is 7.88. The number of benzene rings is 1. The van der Waals surface area contributed by atoms with Crippen molar-refractivity contribution in [1.82, 2.24) is 0 Å². The van der Waals surface area contributed by atoms with Gasteiger partial charge >= 0.3 is 0 Å². The zero-order chi connectivity index (χ0) is 16.7. The Balaban J connectivity index is 2.27. The van der Waals surface area contributed by atoms with Crippen LogP contribution in [-0.2, 0) is 10.0 Å². The predicted molar refractivity (Wildman–Crippen MR) is 96.2 cm³/mol. The first-order chi connectivity index (χ1) is 11.0. The lowest BCUT2D eigenvalue weighted by molar-refractivity contribution is 0.598. The number of sulfonamides is 1. The molecule has 0 saturated heterocycles. The third kappa shape index (κ3) is 4.89. The molecule has 1 aromatic carbocycles. The zero-order valence-corrected chi connectivity index (χ0v) is 14.1. The van der Waals surface area contributed by atoms with E-state index in [0.717, 1.165) is 30.4 Å². The first kappa shape index (κ1) is 17.2. The molecule has 3 nitrogen and oxygen atoms in total. The molecule has 0 amide bonds. The Labute approximate surface area is 138 Å². The number of unbranched alkanes of at least 4 members (excludes halogenated alkanes) is 2. The fourth-order valence-electron chi connectivity index (χ4n) is 2.16. The van der Waals surface area contributed by atoms with E-state index in [9.17, 15) is 8.42 Å². The average molecular weight is 327 g/mol. The molecular weight excluding hydrogens is 306 g/mol. The van der Waals surface area contributed by atoms with E-state index in [1.807, 2.05) is 31.2 Å². The average Bonchev–Trinajstić information content (AvgIpc) is 2.53. The molecule has 0 atom stereocenters. The van der Waals surface area contributed by atoms with Gasteiger partial charge in [0.15, 0.2) is 0 Å². The SMILES string of the molecule is C=CCCC/C=C1\C=CC=C\C1=N\S(=O)(=O)c1ccc(C)cc1. The number of hydrogen-bond donors (Lipinski definition) is 0. The molecule has 0 N–H and O–H groups in total. The molecule has 23 heavy (non-hydrogen) atoms. The van der Waals surface area contributed by atoms with E-state index in [2.05, 4.69) is 11.0 Å². The van der Waals surface area contributed by atoms with Crippen LogP contribution in [0.25, 0.3) is 0 Å². The van der Waals surface area contributed by atoms with Crippen molar-refractivity contribution in [2.24, 2.45) is 4.40 Å². The van der Waals surface area contributed by atoms with Gasteiger partial charge in [0.1, 0.15) is 0 Å². The Kier molecular flexibility index (Phi) is 5.88. The molecule has 0 aromatic heterocycles. The quantitative estimate of drug-likeness (QED) is 0.569. The molecular formula is C19H21NO2S. The standard InChI is InChI=1S/C19H21NO2S/c1-3-4-5-6-9-17-10-7-8-11-19(17)20-23(21,22)18-14-12-16(2)13-15-18/h3,7-15H,1,4-6H2,2H3/b17-9+,20-19-. The van der Waals surface area contributed by atoms with Gasteiger partial charge in [-0.3, -0.25) is 0 Å². The first-order valence-electron chi connectivity index (χ1n) is 7.61. The second-order valence-corrected chi connectivity index (χ2v) is 6.97. The molecule has 2 rings (SSSR count). The summed E-state index contributed by atoms with van der Waals surface area (Å²) in [4.78, 5) is 0.213. The normalized spacial score (nSPS) is 17.8. The van der Waals surface area contributed by atoms with Gasteiger partial charge in [-0.25, -0.2) is 0 Å². The van der Waals surface area contributed by atoms with Gasteiger partial charge in [0.2, 0.25) is 0 Å². The van der Waals surface area contributed by atoms with Gasteiger partial charge in [0.05, 0.1) is 10.6 Å². The molecule has 0 radical (unpaired) electrons. The fraction of sp³-hybridized carbons (Fsp3) is 0.211. The second-order valence-electron chi connectivity index (χ2n) is 5.36. The lowest BCUT2D eigenvalue weighted by Gasteiger charge is -2.08. The summed E-state index contributed by atoms with van der Waals surface area (Å²) in [6.45, 7) is 5.62. The van der Waals surface area contributed by atoms with Gasteiger partial charge < -0.3 is 0 Å². The van der Waals surface area contributed by atoms with Gasteiger partial charge in [-0.2, -0.15) is 12.8 Å². The molecule has 1 aliphatic carbocycles. The smallest absolute Gasteiger partial charge is 0.199 e. The maximum Gasteiger partial charge on any atom is 0.282 e. The minimum absolute atomic E-state index is 0.213. The summed E-state index contributed by atoms with van der Waals surface area (Å²) in [6, 6.07) is 6.72. The van der Waals surface area contributed by atoms with Crippen LogP contribution in [0.5, 0.6) is 0 Å². The van der Waals surface area contributed by atoms with E-state index < -0.39 is 10.0 Å². The Morgan fingerprint density at radius 1 is 1.09 bits per heavy atom. The predicted octanol–water partition coefficient (Wildman–Crippen LogP) is 4.53. The van der Waals surface area contributed by atoms with E-state index in [1.165, 1.54) is 0 Å². The van der Waals surface area contributed by atoms with Crippen LogP contribution in [0.3, 0.4) is 0 Å². The largest absolute Gasteiger partial charge is 0.282 e. The zero-order valence-electron chi connectivity index (χ0n) is 13.3. The highest BCUT2D eigenvalue weighted by atomic mass is 32.2. The molecule has 0 bridgehead atoms. The van der Waals surface area contributed by atoms with E-state index >= 15 is 0 Å². The summed E-state index contributed by atoms with van der Waals surface area (Å²) in [6.07, 6.45) is 14.0. The van der Waals surface area contributed by atoms with Crippen LogP contribution >= 0.6 is 0 Å². The highest BCUT2D eigenvalue weighted by Gasteiger charge is 2.15. The summed E-state index contributed by atoms with van der Waals surface area (Å²) < 4.78 is 28.9. The van der Waals surface area contributed by atoms with Crippen molar-refractivity contribution in [3.05, 3.63) is 78.4 Å². The Morgan fingerprint density at radius 3 is 2.48 bits per heavy atom. The summed E-state index contributed by atoms with van der Waals surface area (Å²) in [5, 5.41) is 0. The van der Waals surface area contributed by atoms with Crippen molar-refractivity contribution < 1.29 is 8.42 Å². The molecule has 1 aliphatic rings. The van der Waals surface area contributed by atoms with Crippen LogP contribution in [0.15, 0.2) is 82.2 Å². The van der Waals surface area contributed by atoms with E-state index in [-0.39, 0.29) is 4.90 Å². The molecule has 0 heterocycles. The monoisotopic (exact) mass is 327 g/mol. The fourth-order valence-corrected chi connectivity index (χ4v) is 3.17. The maximum atomic E-state index is 12.4. The van der Waals surface area contributed by atoms with Crippen molar-refractivity contribution in [2.75, 3.05) is 0 Å². The van der Waals surface area contributed by atoms with Gasteiger partial charge in [0, 0.05) is 0 Å². The van der Waals surface area contributed by atoms with Gasteiger partial charge in [-0.05, 0) is 50.0 Å². The van der Waals surface area contributed by atoms with Crippen molar-refractivity contribution >= 4 is 15.7 Å². The number of rotatable bonds is 6. The molecule has 0 aliphatic heterocycles. The molecule has 0 spiro atoms. The van der Waals surface area contributed by atoms with Crippen LogP contribution in [0.4, 0.5) is 0 Å². The van der Waals surface area contributed by atoms with E-state index in [1.54, 1.807) is 36.4 Å². The van der Waals surface area contributed by atoms with Crippen LogP contribution in [-0.4, -0.2) is 14.1 Å². The lowest BCUT2D eigenvalue weighted by atomic mass is 10.0. The number of aryl methyl sites for hydroxylation is 1. The summed E-state index contributed by atoms with van der Waals surface area (Å²) >= 11 is 0. The summed E-state index contributed by atoms with van der Waals surface area (Å²) in [5.41, 5.74) is 2.33. The molecule has 0 saturated carbocycles. The maximum absolute atomic E-state index is 12.4. The highest BCUT2D eigenvalue weighted by molar-refractivity contribution is 7.90. The minimum Gasteiger partial charge on any atom is -0.199 e. The van der Waals surface area contributed by atoms with Gasteiger partial charge in [0.25, 0.3) is 10.0 Å².